The molecule has 0 radical (unpaired) electrons. The maximum atomic E-state index is 13.1. The molecule has 1 saturated heterocycles. The highest BCUT2D eigenvalue weighted by Gasteiger charge is 2.28. The van der Waals surface area contributed by atoms with Crippen LogP contribution in [0, 0.1) is 5.82 Å². The third kappa shape index (κ3) is 2.69. The molecular weight excluding hydrogens is 283 g/mol. The summed E-state index contributed by atoms with van der Waals surface area (Å²) in [6.07, 6.45) is 2.44. The number of nitrogens with two attached hydrogens (primary N) is 1. The Balaban J connectivity index is 2.28. The van der Waals surface area contributed by atoms with Crippen molar-refractivity contribution >= 4 is 15.9 Å². The first-order chi connectivity index (χ1) is 8.13. The number of halogens is 2. The molecule has 1 heterocycles. The summed E-state index contributed by atoms with van der Waals surface area (Å²) in [7, 11) is 0. The van der Waals surface area contributed by atoms with Crippen LogP contribution in [0.2, 0.25) is 0 Å². The minimum atomic E-state index is -0.217. The largest absolute Gasteiger partial charge is 0.329 e. The number of likely N-dealkylation sites (tertiary alicyclic amines) is 1. The van der Waals surface area contributed by atoms with Crippen molar-refractivity contribution in [3.63, 3.8) is 0 Å². The van der Waals surface area contributed by atoms with Gasteiger partial charge in [-0.05, 0) is 44.0 Å². The van der Waals surface area contributed by atoms with Gasteiger partial charge in [-0.1, -0.05) is 22.0 Å². The second-order valence-corrected chi connectivity index (χ2v) is 5.50. The minimum absolute atomic E-state index is 0.183. The van der Waals surface area contributed by atoms with Crippen molar-refractivity contribution in [2.24, 2.45) is 5.73 Å². The molecule has 1 aliphatic heterocycles. The highest BCUT2D eigenvalue weighted by Crippen LogP contribution is 2.32. The van der Waals surface area contributed by atoms with Gasteiger partial charge in [-0.2, -0.15) is 0 Å². The molecule has 17 heavy (non-hydrogen) atoms. The number of rotatable bonds is 3. The van der Waals surface area contributed by atoms with Crippen LogP contribution in [0.5, 0.6) is 0 Å². The fourth-order valence-electron chi connectivity index (χ4n) is 2.63. The van der Waals surface area contributed by atoms with Crippen LogP contribution < -0.4 is 5.73 Å². The summed E-state index contributed by atoms with van der Waals surface area (Å²) < 4.78 is 13.9. The molecule has 2 rings (SSSR count). The second kappa shape index (κ2) is 5.46. The van der Waals surface area contributed by atoms with Crippen LogP contribution in [0.3, 0.4) is 0 Å². The molecular formula is C13H18BrFN2. The van der Waals surface area contributed by atoms with Gasteiger partial charge in [-0.3, -0.25) is 4.90 Å². The van der Waals surface area contributed by atoms with Crippen molar-refractivity contribution in [1.82, 2.24) is 4.90 Å². The van der Waals surface area contributed by atoms with Gasteiger partial charge < -0.3 is 5.73 Å². The third-order valence-corrected chi connectivity index (χ3v) is 4.24. The Morgan fingerprint density at radius 1 is 1.59 bits per heavy atom. The lowest BCUT2D eigenvalue weighted by Gasteiger charge is -2.31. The average Bonchev–Trinajstić information content (AvgIpc) is 2.69. The van der Waals surface area contributed by atoms with Crippen molar-refractivity contribution in [3.05, 3.63) is 34.1 Å². The molecule has 0 saturated carbocycles. The fourth-order valence-corrected chi connectivity index (χ4v) is 3.25. The first kappa shape index (κ1) is 13.0. The van der Waals surface area contributed by atoms with Gasteiger partial charge in [0.15, 0.2) is 0 Å². The van der Waals surface area contributed by atoms with E-state index in [-0.39, 0.29) is 11.9 Å². The minimum Gasteiger partial charge on any atom is -0.329 e. The molecule has 2 N–H and O–H groups in total. The van der Waals surface area contributed by atoms with Crippen LogP contribution in [0.15, 0.2) is 22.7 Å². The fraction of sp³-hybridized carbons (Fsp3) is 0.538. The van der Waals surface area contributed by atoms with Gasteiger partial charge in [-0.15, -0.1) is 0 Å². The summed E-state index contributed by atoms with van der Waals surface area (Å²) >= 11 is 3.43. The molecule has 1 aromatic rings. The van der Waals surface area contributed by atoms with Crippen molar-refractivity contribution in [1.29, 1.82) is 0 Å². The Morgan fingerprint density at radius 2 is 2.35 bits per heavy atom. The molecule has 1 aromatic carbocycles. The van der Waals surface area contributed by atoms with Gasteiger partial charge in [0.2, 0.25) is 0 Å². The first-order valence-electron chi connectivity index (χ1n) is 6.04. The SMILES string of the molecule is CC1CCCN1C(CN)c1ccc(F)cc1Br. The van der Waals surface area contributed by atoms with Gasteiger partial charge in [-0.25, -0.2) is 4.39 Å². The summed E-state index contributed by atoms with van der Waals surface area (Å²) in [4.78, 5) is 2.41. The Labute approximate surface area is 110 Å². The molecule has 2 nitrogen and oxygen atoms in total. The predicted molar refractivity (Wildman–Crippen MR) is 71.3 cm³/mol. The number of hydrogen-bond acceptors (Lipinski definition) is 2. The molecule has 0 spiro atoms. The Bertz CT molecular complexity index is 397. The third-order valence-electron chi connectivity index (χ3n) is 3.55. The molecule has 0 aromatic heterocycles. The van der Waals surface area contributed by atoms with E-state index in [2.05, 4.69) is 27.8 Å². The zero-order chi connectivity index (χ0) is 12.4. The van der Waals surface area contributed by atoms with Gasteiger partial charge in [0.1, 0.15) is 5.82 Å². The molecule has 94 valence electrons. The van der Waals surface area contributed by atoms with E-state index in [1.807, 2.05) is 6.07 Å². The number of hydrogen-bond donors (Lipinski definition) is 1. The average molecular weight is 301 g/mol. The quantitative estimate of drug-likeness (QED) is 0.929. The van der Waals surface area contributed by atoms with Crippen molar-refractivity contribution in [3.8, 4) is 0 Å². The van der Waals surface area contributed by atoms with Crippen molar-refractivity contribution in [2.45, 2.75) is 31.8 Å². The molecule has 2 unspecified atom stereocenters. The summed E-state index contributed by atoms with van der Waals surface area (Å²) in [5, 5.41) is 0. The number of nitrogens with zero attached hydrogens (tertiary/aromatic N) is 1. The zero-order valence-electron chi connectivity index (χ0n) is 10.00. The van der Waals surface area contributed by atoms with Crippen LogP contribution in [0.1, 0.15) is 31.4 Å². The van der Waals surface area contributed by atoms with E-state index in [4.69, 9.17) is 5.73 Å². The molecule has 0 aliphatic carbocycles. The first-order valence-corrected chi connectivity index (χ1v) is 6.83. The summed E-state index contributed by atoms with van der Waals surface area (Å²) in [5.74, 6) is -0.217. The highest BCUT2D eigenvalue weighted by molar-refractivity contribution is 9.10. The predicted octanol–water partition coefficient (Wildman–Crippen LogP) is 3.07. The monoisotopic (exact) mass is 300 g/mol. The highest BCUT2D eigenvalue weighted by atomic mass is 79.9. The zero-order valence-corrected chi connectivity index (χ0v) is 11.6. The van der Waals surface area contributed by atoms with Crippen molar-refractivity contribution in [2.75, 3.05) is 13.1 Å². The Kier molecular flexibility index (Phi) is 4.17. The second-order valence-electron chi connectivity index (χ2n) is 4.65. The number of benzene rings is 1. The smallest absolute Gasteiger partial charge is 0.124 e. The lowest BCUT2D eigenvalue weighted by Crippen LogP contribution is -2.36. The van der Waals surface area contributed by atoms with Crippen LogP contribution in [-0.2, 0) is 0 Å². The van der Waals surface area contributed by atoms with E-state index in [1.54, 1.807) is 0 Å². The Hall–Kier alpha value is -0.450. The van der Waals surface area contributed by atoms with Crippen LogP contribution in [0.4, 0.5) is 4.39 Å². The van der Waals surface area contributed by atoms with Crippen LogP contribution in [-0.4, -0.2) is 24.0 Å². The van der Waals surface area contributed by atoms with Gasteiger partial charge in [0, 0.05) is 23.1 Å². The molecule has 1 aliphatic rings. The lowest BCUT2D eigenvalue weighted by atomic mass is 10.0. The molecule has 1 fully saturated rings. The molecule has 0 bridgehead atoms. The van der Waals surface area contributed by atoms with Crippen LogP contribution >= 0.6 is 15.9 Å². The van der Waals surface area contributed by atoms with E-state index in [0.717, 1.165) is 16.6 Å². The summed E-state index contributed by atoms with van der Waals surface area (Å²) in [6, 6.07) is 5.59. The van der Waals surface area contributed by atoms with Gasteiger partial charge in [0.05, 0.1) is 0 Å². The molecule has 0 amide bonds. The van der Waals surface area contributed by atoms with Crippen molar-refractivity contribution < 1.29 is 4.39 Å². The van der Waals surface area contributed by atoms with E-state index < -0.39 is 0 Å². The Morgan fingerprint density at radius 3 is 2.88 bits per heavy atom. The maximum absolute atomic E-state index is 13.1. The molecule has 2 atom stereocenters. The van der Waals surface area contributed by atoms with Crippen LogP contribution in [0.25, 0.3) is 0 Å². The molecule has 4 heteroatoms. The maximum Gasteiger partial charge on any atom is 0.124 e. The van der Waals surface area contributed by atoms with E-state index in [9.17, 15) is 4.39 Å². The lowest BCUT2D eigenvalue weighted by molar-refractivity contribution is 0.195. The standard InChI is InChI=1S/C13H18BrFN2/c1-9-3-2-6-17(9)13(8-16)11-5-4-10(15)7-12(11)14/h4-5,7,9,13H,2-3,6,8,16H2,1H3. The van der Waals surface area contributed by atoms with Gasteiger partial charge >= 0.3 is 0 Å². The summed E-state index contributed by atoms with van der Waals surface area (Å²) in [6.45, 7) is 3.87. The van der Waals surface area contributed by atoms with Gasteiger partial charge in [0.25, 0.3) is 0 Å². The topological polar surface area (TPSA) is 29.3 Å². The van der Waals surface area contributed by atoms with E-state index >= 15 is 0 Å². The normalized spacial score (nSPS) is 22.9. The summed E-state index contributed by atoms with van der Waals surface area (Å²) in [5.41, 5.74) is 6.98. The van der Waals surface area contributed by atoms with E-state index in [0.29, 0.717) is 12.6 Å². The van der Waals surface area contributed by atoms with E-state index in [1.165, 1.54) is 25.0 Å².